The van der Waals surface area contributed by atoms with Crippen LogP contribution in [0.15, 0.2) is 89.1 Å². The summed E-state index contributed by atoms with van der Waals surface area (Å²) in [7, 11) is 0. The standard InChI is InChI=1S/C23H22N2O3/c1-2-3-17-27-20-15-13-18(14-16-20)23(26)28-22-12-8-7-11-21(22)25-24-19-9-5-4-6-10-19/h4-16H,2-3,17H2,1H3. The van der Waals surface area contributed by atoms with Crippen LogP contribution in [0.5, 0.6) is 11.5 Å². The number of rotatable bonds is 8. The summed E-state index contributed by atoms with van der Waals surface area (Å²) in [5, 5.41) is 8.39. The number of hydrogen-bond donors (Lipinski definition) is 0. The third-order valence-corrected chi connectivity index (χ3v) is 3.95. The zero-order chi connectivity index (χ0) is 19.6. The lowest BCUT2D eigenvalue weighted by molar-refractivity contribution is 0.0735. The molecule has 0 unspecified atom stereocenters. The lowest BCUT2D eigenvalue weighted by atomic mass is 10.2. The molecule has 0 fully saturated rings. The molecule has 0 radical (unpaired) electrons. The highest BCUT2D eigenvalue weighted by molar-refractivity contribution is 5.91. The number of esters is 1. The average molecular weight is 374 g/mol. The SMILES string of the molecule is CCCCOc1ccc(C(=O)Oc2ccccc2N=Nc2ccccc2)cc1. The fourth-order valence-electron chi connectivity index (χ4n) is 2.41. The first-order valence-electron chi connectivity index (χ1n) is 9.27. The number of ether oxygens (including phenoxy) is 2. The summed E-state index contributed by atoms with van der Waals surface area (Å²) in [6, 6.07) is 23.4. The van der Waals surface area contributed by atoms with E-state index in [0.29, 0.717) is 23.6 Å². The normalized spacial score (nSPS) is 10.8. The van der Waals surface area contributed by atoms with Crippen molar-refractivity contribution >= 4 is 17.3 Å². The quantitative estimate of drug-likeness (QED) is 0.196. The average Bonchev–Trinajstić information content (AvgIpc) is 2.74. The van der Waals surface area contributed by atoms with Gasteiger partial charge in [0, 0.05) is 0 Å². The number of benzene rings is 3. The van der Waals surface area contributed by atoms with Crippen LogP contribution in [-0.4, -0.2) is 12.6 Å². The molecule has 142 valence electrons. The first-order chi connectivity index (χ1) is 13.8. The van der Waals surface area contributed by atoms with E-state index in [4.69, 9.17) is 9.47 Å². The van der Waals surface area contributed by atoms with Crippen molar-refractivity contribution in [1.82, 2.24) is 0 Å². The molecule has 0 aliphatic carbocycles. The summed E-state index contributed by atoms with van der Waals surface area (Å²) in [6.07, 6.45) is 2.07. The van der Waals surface area contributed by atoms with Gasteiger partial charge < -0.3 is 9.47 Å². The van der Waals surface area contributed by atoms with Crippen LogP contribution in [-0.2, 0) is 0 Å². The van der Waals surface area contributed by atoms with Gasteiger partial charge >= 0.3 is 5.97 Å². The van der Waals surface area contributed by atoms with Gasteiger partial charge in [-0.15, -0.1) is 5.11 Å². The summed E-state index contributed by atoms with van der Waals surface area (Å²) in [6.45, 7) is 2.78. The predicted octanol–water partition coefficient (Wildman–Crippen LogP) is 6.50. The number of unbranched alkanes of at least 4 members (excludes halogenated alkanes) is 1. The minimum absolute atomic E-state index is 0.357. The molecule has 5 nitrogen and oxygen atoms in total. The second kappa shape index (κ2) is 10.0. The van der Waals surface area contributed by atoms with Crippen molar-refractivity contribution in [2.45, 2.75) is 19.8 Å². The van der Waals surface area contributed by atoms with E-state index in [1.165, 1.54) is 0 Å². The van der Waals surface area contributed by atoms with Gasteiger partial charge in [0.2, 0.25) is 0 Å². The molecular formula is C23H22N2O3. The Kier molecular flexibility index (Phi) is 6.90. The van der Waals surface area contributed by atoms with Crippen LogP contribution in [0.4, 0.5) is 11.4 Å². The number of hydrogen-bond acceptors (Lipinski definition) is 5. The van der Waals surface area contributed by atoms with Crippen molar-refractivity contribution in [3.8, 4) is 11.5 Å². The first-order valence-corrected chi connectivity index (χ1v) is 9.27. The van der Waals surface area contributed by atoms with Gasteiger partial charge in [-0.2, -0.15) is 5.11 Å². The molecule has 0 spiro atoms. The highest BCUT2D eigenvalue weighted by Gasteiger charge is 2.11. The molecule has 28 heavy (non-hydrogen) atoms. The number of carbonyl (C=O) groups excluding carboxylic acids is 1. The summed E-state index contributed by atoms with van der Waals surface area (Å²) in [5.74, 6) is 0.639. The second-order valence-electron chi connectivity index (χ2n) is 6.12. The molecule has 0 N–H and O–H groups in total. The molecule has 0 atom stereocenters. The molecule has 3 rings (SSSR count). The fourth-order valence-corrected chi connectivity index (χ4v) is 2.41. The Morgan fingerprint density at radius 2 is 1.57 bits per heavy atom. The largest absolute Gasteiger partial charge is 0.494 e. The zero-order valence-corrected chi connectivity index (χ0v) is 15.7. The van der Waals surface area contributed by atoms with E-state index in [1.54, 1.807) is 42.5 Å². The van der Waals surface area contributed by atoms with Crippen molar-refractivity contribution in [3.05, 3.63) is 84.4 Å². The van der Waals surface area contributed by atoms with E-state index in [-0.39, 0.29) is 0 Å². The lowest BCUT2D eigenvalue weighted by Crippen LogP contribution is -2.08. The molecule has 0 aromatic heterocycles. The Bertz CT molecular complexity index is 922. The molecule has 3 aromatic carbocycles. The van der Waals surface area contributed by atoms with Crippen LogP contribution in [0, 0.1) is 0 Å². The molecule has 0 aliphatic rings. The maximum absolute atomic E-state index is 12.5. The summed E-state index contributed by atoms with van der Waals surface area (Å²) in [5.41, 5.74) is 1.65. The van der Waals surface area contributed by atoms with Crippen LogP contribution in [0.3, 0.4) is 0 Å². The Balaban J connectivity index is 1.68. The fraction of sp³-hybridized carbons (Fsp3) is 0.174. The van der Waals surface area contributed by atoms with Crippen molar-refractivity contribution in [2.75, 3.05) is 6.61 Å². The maximum Gasteiger partial charge on any atom is 0.343 e. The lowest BCUT2D eigenvalue weighted by Gasteiger charge is -2.08. The van der Waals surface area contributed by atoms with Crippen LogP contribution in [0.25, 0.3) is 0 Å². The van der Waals surface area contributed by atoms with E-state index >= 15 is 0 Å². The predicted molar refractivity (Wildman–Crippen MR) is 109 cm³/mol. The van der Waals surface area contributed by atoms with Crippen molar-refractivity contribution in [3.63, 3.8) is 0 Å². The Labute approximate surface area is 164 Å². The van der Waals surface area contributed by atoms with E-state index in [0.717, 1.165) is 24.3 Å². The van der Waals surface area contributed by atoms with Gasteiger partial charge in [-0.3, -0.25) is 0 Å². The monoisotopic (exact) mass is 374 g/mol. The van der Waals surface area contributed by atoms with E-state index in [9.17, 15) is 4.79 Å². The maximum atomic E-state index is 12.5. The molecule has 3 aromatic rings. The minimum Gasteiger partial charge on any atom is -0.494 e. The molecule has 5 heteroatoms. The highest BCUT2D eigenvalue weighted by Crippen LogP contribution is 2.29. The smallest absolute Gasteiger partial charge is 0.343 e. The van der Waals surface area contributed by atoms with Gasteiger partial charge in [-0.25, -0.2) is 4.79 Å². The molecule has 0 aliphatic heterocycles. The van der Waals surface area contributed by atoms with Crippen LogP contribution in [0.2, 0.25) is 0 Å². The molecule has 0 heterocycles. The third-order valence-electron chi connectivity index (χ3n) is 3.95. The van der Waals surface area contributed by atoms with Crippen LogP contribution < -0.4 is 9.47 Å². The van der Waals surface area contributed by atoms with Crippen molar-refractivity contribution < 1.29 is 14.3 Å². The molecule has 0 saturated heterocycles. The first kappa shape index (κ1) is 19.3. The Morgan fingerprint density at radius 1 is 0.857 bits per heavy atom. The number of para-hydroxylation sites is 1. The highest BCUT2D eigenvalue weighted by atomic mass is 16.5. The topological polar surface area (TPSA) is 60.2 Å². The van der Waals surface area contributed by atoms with Gasteiger partial charge in [0.1, 0.15) is 11.4 Å². The van der Waals surface area contributed by atoms with Crippen LogP contribution in [0.1, 0.15) is 30.1 Å². The minimum atomic E-state index is -0.456. The Hall–Kier alpha value is -3.47. The molecular weight excluding hydrogens is 352 g/mol. The zero-order valence-electron chi connectivity index (χ0n) is 15.7. The summed E-state index contributed by atoms with van der Waals surface area (Å²) in [4.78, 5) is 12.5. The van der Waals surface area contributed by atoms with Gasteiger partial charge in [-0.1, -0.05) is 43.7 Å². The second-order valence-corrected chi connectivity index (χ2v) is 6.12. The van der Waals surface area contributed by atoms with Crippen molar-refractivity contribution in [1.29, 1.82) is 0 Å². The third kappa shape index (κ3) is 5.51. The number of carbonyl (C=O) groups is 1. The van der Waals surface area contributed by atoms with E-state index < -0.39 is 5.97 Å². The number of azo groups is 1. The van der Waals surface area contributed by atoms with E-state index in [1.807, 2.05) is 36.4 Å². The Morgan fingerprint density at radius 3 is 2.32 bits per heavy atom. The molecule has 0 amide bonds. The van der Waals surface area contributed by atoms with Gasteiger partial charge in [0.05, 0.1) is 17.9 Å². The van der Waals surface area contributed by atoms with Gasteiger partial charge in [-0.05, 0) is 55.0 Å². The van der Waals surface area contributed by atoms with Crippen molar-refractivity contribution in [2.24, 2.45) is 10.2 Å². The van der Waals surface area contributed by atoms with Gasteiger partial charge in [0.15, 0.2) is 5.75 Å². The summed E-state index contributed by atoms with van der Waals surface area (Å²) >= 11 is 0. The van der Waals surface area contributed by atoms with Crippen LogP contribution >= 0.6 is 0 Å². The van der Waals surface area contributed by atoms with Gasteiger partial charge in [0.25, 0.3) is 0 Å². The summed E-state index contributed by atoms with van der Waals surface area (Å²) < 4.78 is 11.1. The van der Waals surface area contributed by atoms with E-state index in [2.05, 4.69) is 17.2 Å². The number of nitrogens with zero attached hydrogens (tertiary/aromatic N) is 2. The molecule has 0 saturated carbocycles. The molecule has 0 bridgehead atoms.